The zero-order valence-electron chi connectivity index (χ0n) is 7.60. The third-order valence-electron chi connectivity index (χ3n) is 2.74. The van der Waals surface area contributed by atoms with E-state index in [1.165, 1.54) is 25.7 Å². The summed E-state index contributed by atoms with van der Waals surface area (Å²) in [6.45, 7) is 4.62. The molecule has 0 spiro atoms. The van der Waals surface area contributed by atoms with Gasteiger partial charge in [0.05, 0.1) is 0 Å². The first-order chi connectivity index (χ1) is 5.14. The molecular formula is C10H18O. The van der Waals surface area contributed by atoms with Gasteiger partial charge in [-0.3, -0.25) is 0 Å². The second-order valence-electron chi connectivity index (χ2n) is 4.53. The molecule has 1 aliphatic carbocycles. The zero-order valence-corrected chi connectivity index (χ0v) is 7.60. The van der Waals surface area contributed by atoms with Crippen LogP contribution in [0.15, 0.2) is 0 Å². The highest BCUT2D eigenvalue weighted by Gasteiger charge is 2.27. The van der Waals surface area contributed by atoms with E-state index in [1.54, 1.807) is 0 Å². The fourth-order valence-corrected chi connectivity index (χ4v) is 2.19. The minimum Gasteiger partial charge on any atom is -0.303 e. The van der Waals surface area contributed by atoms with E-state index in [0.717, 1.165) is 12.7 Å². The Hall–Kier alpha value is -0.330. The van der Waals surface area contributed by atoms with Gasteiger partial charge in [-0.15, -0.1) is 0 Å². The molecule has 11 heavy (non-hydrogen) atoms. The Balaban J connectivity index is 2.39. The quantitative estimate of drug-likeness (QED) is 0.559. The molecule has 1 saturated carbocycles. The Morgan fingerprint density at radius 2 is 2.27 bits per heavy atom. The topological polar surface area (TPSA) is 17.1 Å². The fraction of sp³-hybridized carbons (Fsp3) is 0.900. The Bertz CT molecular complexity index is 138. The average Bonchev–Trinajstić information content (AvgIpc) is 1.85. The van der Waals surface area contributed by atoms with Crippen molar-refractivity contribution in [3.63, 3.8) is 0 Å². The molecule has 1 atom stereocenters. The Labute approximate surface area is 69.2 Å². The summed E-state index contributed by atoms with van der Waals surface area (Å²) in [6.07, 6.45) is 7.01. The standard InChI is InChI=1S/C10H18O/c1-10(2)6-3-4-9(8-10)5-7-11/h7,9H,3-6,8H2,1-2H3/t9-/m0/s1. The molecule has 0 aromatic rings. The first-order valence-corrected chi connectivity index (χ1v) is 4.58. The minimum atomic E-state index is 0.492. The van der Waals surface area contributed by atoms with Crippen LogP contribution in [-0.4, -0.2) is 6.29 Å². The van der Waals surface area contributed by atoms with E-state index in [-0.39, 0.29) is 0 Å². The van der Waals surface area contributed by atoms with Gasteiger partial charge in [-0.05, 0) is 30.6 Å². The highest BCUT2D eigenvalue weighted by molar-refractivity contribution is 5.49. The van der Waals surface area contributed by atoms with Crippen LogP contribution in [0.1, 0.15) is 46.0 Å². The van der Waals surface area contributed by atoms with Crippen LogP contribution in [0.5, 0.6) is 0 Å². The fourth-order valence-electron chi connectivity index (χ4n) is 2.19. The van der Waals surface area contributed by atoms with Gasteiger partial charge in [0.15, 0.2) is 0 Å². The summed E-state index contributed by atoms with van der Waals surface area (Å²) in [7, 11) is 0. The van der Waals surface area contributed by atoms with Crippen LogP contribution < -0.4 is 0 Å². The molecule has 0 aliphatic heterocycles. The summed E-state index contributed by atoms with van der Waals surface area (Å²) in [4.78, 5) is 10.3. The van der Waals surface area contributed by atoms with Crippen molar-refractivity contribution in [2.75, 3.05) is 0 Å². The number of carbonyl (C=O) groups excluding carboxylic acids is 1. The molecule has 0 saturated heterocycles. The molecule has 1 heteroatoms. The lowest BCUT2D eigenvalue weighted by Gasteiger charge is -2.34. The van der Waals surface area contributed by atoms with Gasteiger partial charge < -0.3 is 4.79 Å². The number of carbonyl (C=O) groups is 1. The number of hydrogen-bond donors (Lipinski definition) is 0. The first-order valence-electron chi connectivity index (χ1n) is 4.58. The van der Waals surface area contributed by atoms with Gasteiger partial charge in [0.2, 0.25) is 0 Å². The van der Waals surface area contributed by atoms with E-state index in [1.807, 2.05) is 0 Å². The largest absolute Gasteiger partial charge is 0.303 e. The lowest BCUT2D eigenvalue weighted by molar-refractivity contribution is -0.109. The van der Waals surface area contributed by atoms with E-state index < -0.39 is 0 Å². The summed E-state index contributed by atoms with van der Waals surface area (Å²) in [5.41, 5.74) is 0.492. The molecule has 0 bridgehead atoms. The van der Waals surface area contributed by atoms with Crippen LogP contribution in [0.3, 0.4) is 0 Å². The zero-order chi connectivity index (χ0) is 8.32. The lowest BCUT2D eigenvalue weighted by Crippen LogP contribution is -2.22. The van der Waals surface area contributed by atoms with Crippen molar-refractivity contribution in [1.82, 2.24) is 0 Å². The number of aldehydes is 1. The van der Waals surface area contributed by atoms with Crippen LogP contribution in [0.4, 0.5) is 0 Å². The smallest absolute Gasteiger partial charge is 0.120 e. The second kappa shape index (κ2) is 3.38. The van der Waals surface area contributed by atoms with Crippen molar-refractivity contribution in [3.05, 3.63) is 0 Å². The maximum Gasteiger partial charge on any atom is 0.120 e. The summed E-state index contributed by atoms with van der Waals surface area (Å²) in [5.74, 6) is 0.677. The predicted molar refractivity (Wildman–Crippen MR) is 46.4 cm³/mol. The third-order valence-corrected chi connectivity index (χ3v) is 2.74. The van der Waals surface area contributed by atoms with Crippen molar-refractivity contribution < 1.29 is 4.79 Å². The average molecular weight is 154 g/mol. The van der Waals surface area contributed by atoms with Crippen molar-refractivity contribution in [2.45, 2.75) is 46.0 Å². The maximum atomic E-state index is 10.3. The molecule has 0 amide bonds. The van der Waals surface area contributed by atoms with E-state index in [9.17, 15) is 4.79 Å². The minimum absolute atomic E-state index is 0.492. The van der Waals surface area contributed by atoms with Crippen LogP contribution in [0, 0.1) is 11.3 Å². The second-order valence-corrected chi connectivity index (χ2v) is 4.53. The molecule has 64 valence electrons. The Morgan fingerprint density at radius 1 is 1.55 bits per heavy atom. The van der Waals surface area contributed by atoms with E-state index in [2.05, 4.69) is 13.8 Å². The normalized spacial score (nSPS) is 29.8. The maximum absolute atomic E-state index is 10.3. The predicted octanol–water partition coefficient (Wildman–Crippen LogP) is 2.79. The number of hydrogen-bond acceptors (Lipinski definition) is 1. The number of rotatable bonds is 2. The van der Waals surface area contributed by atoms with Crippen LogP contribution in [0.2, 0.25) is 0 Å². The highest BCUT2D eigenvalue weighted by Crippen LogP contribution is 2.39. The van der Waals surface area contributed by atoms with Gasteiger partial charge in [0.25, 0.3) is 0 Å². The van der Waals surface area contributed by atoms with E-state index >= 15 is 0 Å². The van der Waals surface area contributed by atoms with Gasteiger partial charge >= 0.3 is 0 Å². The lowest BCUT2D eigenvalue weighted by atomic mass is 9.71. The van der Waals surface area contributed by atoms with Crippen LogP contribution >= 0.6 is 0 Å². The molecule has 0 unspecified atom stereocenters. The summed E-state index contributed by atoms with van der Waals surface area (Å²) < 4.78 is 0. The van der Waals surface area contributed by atoms with Gasteiger partial charge in [0, 0.05) is 6.42 Å². The molecule has 0 radical (unpaired) electrons. The third kappa shape index (κ3) is 2.64. The van der Waals surface area contributed by atoms with Crippen molar-refractivity contribution in [3.8, 4) is 0 Å². The van der Waals surface area contributed by atoms with Gasteiger partial charge in [0.1, 0.15) is 6.29 Å². The molecule has 1 nitrogen and oxygen atoms in total. The molecule has 0 aromatic carbocycles. The molecule has 1 rings (SSSR count). The molecule has 0 aromatic heterocycles. The first kappa shape index (κ1) is 8.76. The van der Waals surface area contributed by atoms with E-state index in [4.69, 9.17) is 0 Å². The van der Waals surface area contributed by atoms with Crippen molar-refractivity contribution in [2.24, 2.45) is 11.3 Å². The van der Waals surface area contributed by atoms with Crippen LogP contribution in [0.25, 0.3) is 0 Å². The van der Waals surface area contributed by atoms with Gasteiger partial charge in [-0.25, -0.2) is 0 Å². The Morgan fingerprint density at radius 3 is 2.82 bits per heavy atom. The van der Waals surface area contributed by atoms with E-state index in [0.29, 0.717) is 11.3 Å². The molecule has 0 N–H and O–H groups in total. The monoisotopic (exact) mass is 154 g/mol. The van der Waals surface area contributed by atoms with Gasteiger partial charge in [-0.2, -0.15) is 0 Å². The molecule has 0 heterocycles. The molecular weight excluding hydrogens is 136 g/mol. The summed E-state index contributed by atoms with van der Waals surface area (Å²) in [6, 6.07) is 0. The summed E-state index contributed by atoms with van der Waals surface area (Å²) >= 11 is 0. The molecule has 1 aliphatic rings. The SMILES string of the molecule is CC1(C)CCC[C@@H](CC=O)C1. The van der Waals surface area contributed by atoms with Crippen LogP contribution in [-0.2, 0) is 4.79 Å². The van der Waals surface area contributed by atoms with Gasteiger partial charge in [-0.1, -0.05) is 20.3 Å². The highest BCUT2D eigenvalue weighted by atomic mass is 16.1. The van der Waals surface area contributed by atoms with Crippen molar-refractivity contribution in [1.29, 1.82) is 0 Å². The molecule has 1 fully saturated rings. The van der Waals surface area contributed by atoms with Crippen molar-refractivity contribution >= 4 is 6.29 Å². The summed E-state index contributed by atoms with van der Waals surface area (Å²) in [5, 5.41) is 0. The Kier molecular flexibility index (Phi) is 2.69.